The molecule has 1 heterocycles. The van der Waals surface area contributed by atoms with Gasteiger partial charge in [-0.3, -0.25) is 4.79 Å². The molecule has 0 atom stereocenters. The molecular formula is C20H22N4O3. The monoisotopic (exact) mass is 366 g/mol. The number of ether oxygens (including phenoxy) is 2. The van der Waals surface area contributed by atoms with E-state index in [0.717, 1.165) is 22.6 Å². The minimum absolute atomic E-state index is 0.221. The van der Waals surface area contributed by atoms with Crippen molar-refractivity contribution in [2.24, 2.45) is 0 Å². The fourth-order valence-electron chi connectivity index (χ4n) is 2.75. The number of methoxy groups -OCH3 is 2. The fraction of sp³-hybridized carbons (Fsp3) is 0.250. The molecule has 0 unspecified atom stereocenters. The molecule has 0 aliphatic rings. The van der Waals surface area contributed by atoms with Gasteiger partial charge < -0.3 is 14.8 Å². The third kappa shape index (κ3) is 4.15. The molecule has 3 rings (SSSR count). The van der Waals surface area contributed by atoms with E-state index in [4.69, 9.17) is 9.47 Å². The lowest BCUT2D eigenvalue weighted by Gasteiger charge is -2.10. The fourth-order valence-corrected chi connectivity index (χ4v) is 2.75. The van der Waals surface area contributed by atoms with Gasteiger partial charge in [-0.2, -0.15) is 0 Å². The summed E-state index contributed by atoms with van der Waals surface area (Å²) in [5.41, 5.74) is 3.68. The highest BCUT2D eigenvalue weighted by atomic mass is 16.5. The van der Waals surface area contributed by atoms with Crippen LogP contribution in [0.1, 0.15) is 27.3 Å². The number of rotatable bonds is 7. The molecule has 0 bridgehead atoms. The van der Waals surface area contributed by atoms with Gasteiger partial charge in [-0.25, -0.2) is 4.68 Å². The van der Waals surface area contributed by atoms with Crippen molar-refractivity contribution in [3.05, 3.63) is 71.0 Å². The standard InChI is InChI=1S/C20H22N4O3/c1-14-8-10-16(11-9-14)24-17(13-26-2)19(22-23-24)20(25)21-12-15-6-4-5-7-18(15)27-3/h4-11H,12-13H2,1-3H3,(H,21,25). The molecule has 0 radical (unpaired) electrons. The molecule has 140 valence electrons. The minimum Gasteiger partial charge on any atom is -0.496 e. The molecule has 3 aromatic rings. The van der Waals surface area contributed by atoms with Crippen molar-refractivity contribution in [1.82, 2.24) is 20.3 Å². The van der Waals surface area contributed by atoms with Gasteiger partial charge >= 0.3 is 0 Å². The Bertz CT molecular complexity index is 919. The number of benzene rings is 2. The highest BCUT2D eigenvalue weighted by molar-refractivity contribution is 5.93. The molecule has 1 amide bonds. The number of para-hydroxylation sites is 1. The lowest BCUT2D eigenvalue weighted by molar-refractivity contribution is 0.0940. The summed E-state index contributed by atoms with van der Waals surface area (Å²) in [6.07, 6.45) is 0. The van der Waals surface area contributed by atoms with Crippen LogP contribution in [0.4, 0.5) is 0 Å². The van der Waals surface area contributed by atoms with Gasteiger partial charge in [0, 0.05) is 19.2 Å². The molecule has 0 fully saturated rings. The van der Waals surface area contributed by atoms with Gasteiger partial charge in [-0.1, -0.05) is 41.1 Å². The summed E-state index contributed by atoms with van der Waals surface area (Å²) in [5.74, 6) is 0.407. The summed E-state index contributed by atoms with van der Waals surface area (Å²) in [5, 5.41) is 11.1. The summed E-state index contributed by atoms with van der Waals surface area (Å²) in [6.45, 7) is 2.56. The zero-order valence-corrected chi connectivity index (χ0v) is 15.6. The summed E-state index contributed by atoms with van der Waals surface area (Å²) >= 11 is 0. The van der Waals surface area contributed by atoms with Gasteiger partial charge in [-0.05, 0) is 25.1 Å². The zero-order chi connectivity index (χ0) is 19.2. The number of carbonyl (C=O) groups is 1. The molecular weight excluding hydrogens is 344 g/mol. The Morgan fingerprint density at radius 2 is 1.85 bits per heavy atom. The van der Waals surface area contributed by atoms with Crippen molar-refractivity contribution in [1.29, 1.82) is 0 Å². The maximum absolute atomic E-state index is 12.7. The second-order valence-corrected chi connectivity index (χ2v) is 6.06. The van der Waals surface area contributed by atoms with Crippen LogP contribution in [0.3, 0.4) is 0 Å². The highest BCUT2D eigenvalue weighted by Crippen LogP contribution is 2.18. The predicted octanol–water partition coefficient (Wildman–Crippen LogP) is 2.66. The third-order valence-corrected chi connectivity index (χ3v) is 4.17. The number of hydrogen-bond acceptors (Lipinski definition) is 5. The molecule has 1 aromatic heterocycles. The Morgan fingerprint density at radius 3 is 2.56 bits per heavy atom. The number of nitrogens with one attached hydrogen (secondary N) is 1. The highest BCUT2D eigenvalue weighted by Gasteiger charge is 2.20. The lowest BCUT2D eigenvalue weighted by atomic mass is 10.2. The van der Waals surface area contributed by atoms with Crippen LogP contribution >= 0.6 is 0 Å². The Labute approximate surface area is 157 Å². The number of aryl methyl sites for hydroxylation is 1. The van der Waals surface area contributed by atoms with Gasteiger partial charge in [0.2, 0.25) is 0 Å². The molecule has 27 heavy (non-hydrogen) atoms. The van der Waals surface area contributed by atoms with Crippen LogP contribution in [0.15, 0.2) is 48.5 Å². The van der Waals surface area contributed by atoms with E-state index in [0.29, 0.717) is 12.2 Å². The number of carbonyl (C=O) groups excluding carboxylic acids is 1. The predicted molar refractivity (Wildman–Crippen MR) is 101 cm³/mol. The quantitative estimate of drug-likeness (QED) is 0.695. The summed E-state index contributed by atoms with van der Waals surface area (Å²) in [7, 11) is 3.17. The Balaban J connectivity index is 1.83. The summed E-state index contributed by atoms with van der Waals surface area (Å²) in [4.78, 5) is 12.7. The van der Waals surface area contributed by atoms with Gasteiger partial charge in [0.25, 0.3) is 5.91 Å². The minimum atomic E-state index is -0.314. The first-order valence-corrected chi connectivity index (χ1v) is 8.54. The largest absolute Gasteiger partial charge is 0.496 e. The van der Waals surface area contributed by atoms with E-state index < -0.39 is 0 Å². The van der Waals surface area contributed by atoms with Gasteiger partial charge in [0.15, 0.2) is 5.69 Å². The lowest BCUT2D eigenvalue weighted by Crippen LogP contribution is -2.25. The molecule has 7 nitrogen and oxygen atoms in total. The number of amides is 1. The van der Waals surface area contributed by atoms with Crippen molar-refractivity contribution in [2.45, 2.75) is 20.1 Å². The molecule has 0 spiro atoms. The average molecular weight is 366 g/mol. The zero-order valence-electron chi connectivity index (χ0n) is 15.6. The Morgan fingerprint density at radius 1 is 1.11 bits per heavy atom. The Hall–Kier alpha value is -3.19. The number of hydrogen-bond donors (Lipinski definition) is 1. The normalized spacial score (nSPS) is 10.6. The van der Waals surface area contributed by atoms with E-state index in [1.54, 1.807) is 18.9 Å². The smallest absolute Gasteiger partial charge is 0.274 e. The van der Waals surface area contributed by atoms with Gasteiger partial charge in [0.1, 0.15) is 11.4 Å². The molecule has 2 aromatic carbocycles. The van der Waals surface area contributed by atoms with E-state index in [2.05, 4.69) is 15.6 Å². The van der Waals surface area contributed by atoms with Crippen molar-refractivity contribution >= 4 is 5.91 Å². The van der Waals surface area contributed by atoms with Crippen LogP contribution in [0, 0.1) is 6.92 Å². The van der Waals surface area contributed by atoms with Crippen LogP contribution in [-0.2, 0) is 17.9 Å². The molecule has 0 aliphatic heterocycles. The summed E-state index contributed by atoms with van der Waals surface area (Å²) < 4.78 is 12.2. The van der Waals surface area contributed by atoms with Crippen LogP contribution < -0.4 is 10.1 Å². The first kappa shape index (κ1) is 18.6. The molecule has 7 heteroatoms. The van der Waals surface area contributed by atoms with E-state index in [9.17, 15) is 4.79 Å². The topological polar surface area (TPSA) is 78.3 Å². The molecule has 0 saturated heterocycles. The van der Waals surface area contributed by atoms with Crippen LogP contribution in [-0.4, -0.2) is 35.1 Å². The maximum atomic E-state index is 12.7. The molecule has 0 aliphatic carbocycles. The van der Waals surface area contributed by atoms with Crippen molar-refractivity contribution in [3.63, 3.8) is 0 Å². The number of nitrogens with zero attached hydrogens (tertiary/aromatic N) is 3. The molecule has 0 saturated carbocycles. The van der Waals surface area contributed by atoms with Crippen molar-refractivity contribution in [3.8, 4) is 11.4 Å². The number of aromatic nitrogens is 3. The second kappa shape index (κ2) is 8.46. The van der Waals surface area contributed by atoms with Crippen LogP contribution in [0.25, 0.3) is 5.69 Å². The van der Waals surface area contributed by atoms with E-state index in [1.807, 2.05) is 55.5 Å². The Kier molecular flexibility index (Phi) is 5.83. The second-order valence-electron chi connectivity index (χ2n) is 6.06. The SMILES string of the molecule is COCc1c(C(=O)NCc2ccccc2OC)nnn1-c1ccc(C)cc1. The van der Waals surface area contributed by atoms with Crippen molar-refractivity contribution in [2.75, 3.05) is 14.2 Å². The van der Waals surface area contributed by atoms with E-state index >= 15 is 0 Å². The molecule has 1 N–H and O–H groups in total. The summed E-state index contributed by atoms with van der Waals surface area (Å²) in [6, 6.07) is 15.4. The third-order valence-electron chi connectivity index (χ3n) is 4.17. The average Bonchev–Trinajstić information content (AvgIpc) is 3.11. The van der Waals surface area contributed by atoms with E-state index in [1.165, 1.54) is 0 Å². The van der Waals surface area contributed by atoms with Gasteiger partial charge in [-0.15, -0.1) is 5.10 Å². The van der Waals surface area contributed by atoms with Crippen molar-refractivity contribution < 1.29 is 14.3 Å². The van der Waals surface area contributed by atoms with Crippen LogP contribution in [0.5, 0.6) is 5.75 Å². The van der Waals surface area contributed by atoms with E-state index in [-0.39, 0.29) is 18.2 Å². The van der Waals surface area contributed by atoms with Crippen LogP contribution in [0.2, 0.25) is 0 Å². The van der Waals surface area contributed by atoms with Gasteiger partial charge in [0.05, 0.1) is 19.4 Å². The first-order valence-electron chi connectivity index (χ1n) is 8.54. The first-order chi connectivity index (χ1) is 13.1. The maximum Gasteiger partial charge on any atom is 0.274 e.